The molecule has 1 aromatic carbocycles. The molecule has 0 aliphatic heterocycles. The summed E-state index contributed by atoms with van der Waals surface area (Å²) in [6.45, 7) is 0.222. The van der Waals surface area contributed by atoms with Gasteiger partial charge >= 0.3 is 0 Å². The van der Waals surface area contributed by atoms with Crippen LogP contribution in [-0.2, 0) is 0 Å². The maximum Gasteiger partial charge on any atom is 0.255 e. The molecular weight excluding hydrogens is 325 g/mol. The quantitative estimate of drug-likeness (QED) is 0.915. The molecule has 5 heteroatoms. The first-order valence-electron chi connectivity index (χ1n) is 6.86. The maximum absolute atomic E-state index is 13.3. The van der Waals surface area contributed by atoms with E-state index in [0.29, 0.717) is 16.0 Å². The summed E-state index contributed by atoms with van der Waals surface area (Å²) in [7, 11) is 1.77. The topological polar surface area (TPSA) is 40.5 Å². The second-order valence-electron chi connectivity index (χ2n) is 5.40. The second kappa shape index (κ2) is 6.68. The molecule has 1 aromatic rings. The van der Waals surface area contributed by atoms with Crippen LogP contribution < -0.4 is 0 Å². The summed E-state index contributed by atoms with van der Waals surface area (Å²) < 4.78 is 13.9. The van der Waals surface area contributed by atoms with Crippen LogP contribution >= 0.6 is 15.9 Å². The Morgan fingerprint density at radius 2 is 2.05 bits per heavy atom. The average molecular weight is 344 g/mol. The van der Waals surface area contributed by atoms with Crippen molar-refractivity contribution in [3.63, 3.8) is 0 Å². The molecule has 1 fully saturated rings. The fraction of sp³-hybridized carbons (Fsp3) is 0.533. The number of aliphatic hydroxyl groups is 1. The Hall–Kier alpha value is -0.940. The van der Waals surface area contributed by atoms with Gasteiger partial charge in [0.2, 0.25) is 0 Å². The van der Waals surface area contributed by atoms with Gasteiger partial charge in [-0.1, -0.05) is 0 Å². The van der Waals surface area contributed by atoms with Crippen molar-refractivity contribution in [1.82, 2.24) is 4.90 Å². The Balaban J connectivity index is 2.07. The number of hydrogen-bond donors (Lipinski definition) is 1. The van der Waals surface area contributed by atoms with Gasteiger partial charge in [-0.05, 0) is 65.7 Å². The zero-order chi connectivity index (χ0) is 14.7. The highest BCUT2D eigenvalue weighted by atomic mass is 79.9. The molecular formula is C15H19BrFNO2. The molecule has 0 heterocycles. The first kappa shape index (κ1) is 15.4. The van der Waals surface area contributed by atoms with E-state index < -0.39 is 5.82 Å². The van der Waals surface area contributed by atoms with Gasteiger partial charge < -0.3 is 10.0 Å². The summed E-state index contributed by atoms with van der Waals surface area (Å²) in [5, 5.41) is 9.14. The number of aliphatic hydroxyl groups excluding tert-OH is 1. The van der Waals surface area contributed by atoms with Crippen LogP contribution in [0.5, 0.6) is 0 Å². The number of carbonyl (C=O) groups is 1. The highest BCUT2D eigenvalue weighted by Gasteiger charge is 2.27. The van der Waals surface area contributed by atoms with Crippen LogP contribution in [0.25, 0.3) is 0 Å². The Kier molecular flexibility index (Phi) is 5.16. The Labute approximate surface area is 126 Å². The lowest BCUT2D eigenvalue weighted by atomic mass is 9.86. The predicted molar refractivity (Wildman–Crippen MR) is 79.0 cm³/mol. The number of halogens is 2. The molecule has 1 amide bonds. The molecule has 0 unspecified atom stereocenters. The standard InChI is InChI=1S/C15H19BrFNO2/c1-18(12-5-2-10(9-19)3-6-12)15(20)13-8-11(17)4-7-14(13)16/h4,7-8,10,12,19H,2-3,5-6,9H2,1H3. The van der Waals surface area contributed by atoms with Crippen molar-refractivity contribution < 1.29 is 14.3 Å². The van der Waals surface area contributed by atoms with E-state index in [0.717, 1.165) is 25.7 Å². The Bertz CT molecular complexity index is 487. The largest absolute Gasteiger partial charge is 0.396 e. The SMILES string of the molecule is CN(C(=O)c1cc(F)ccc1Br)C1CCC(CO)CC1. The minimum absolute atomic E-state index is 0.163. The van der Waals surface area contributed by atoms with Gasteiger partial charge in [-0.2, -0.15) is 0 Å². The number of carbonyl (C=O) groups excluding carboxylic acids is 1. The summed E-state index contributed by atoms with van der Waals surface area (Å²) in [5.41, 5.74) is 0.358. The maximum atomic E-state index is 13.3. The highest BCUT2D eigenvalue weighted by Crippen LogP contribution is 2.28. The van der Waals surface area contributed by atoms with Crippen LogP contribution in [0.3, 0.4) is 0 Å². The van der Waals surface area contributed by atoms with Gasteiger partial charge in [0, 0.05) is 24.2 Å². The third-order valence-corrected chi connectivity index (χ3v) is 4.79. The van der Waals surface area contributed by atoms with E-state index >= 15 is 0 Å². The molecule has 0 atom stereocenters. The molecule has 0 spiro atoms. The fourth-order valence-electron chi connectivity index (χ4n) is 2.73. The number of hydrogen-bond acceptors (Lipinski definition) is 2. The summed E-state index contributed by atoms with van der Waals surface area (Å²) in [5.74, 6) is -0.214. The molecule has 2 rings (SSSR count). The lowest BCUT2D eigenvalue weighted by molar-refractivity contribution is 0.0651. The van der Waals surface area contributed by atoms with Crippen molar-refractivity contribution in [3.05, 3.63) is 34.1 Å². The van der Waals surface area contributed by atoms with E-state index in [1.165, 1.54) is 12.1 Å². The van der Waals surface area contributed by atoms with E-state index in [-0.39, 0.29) is 18.6 Å². The van der Waals surface area contributed by atoms with Crippen LogP contribution in [0.4, 0.5) is 4.39 Å². The monoisotopic (exact) mass is 343 g/mol. The van der Waals surface area contributed by atoms with Gasteiger partial charge in [-0.15, -0.1) is 0 Å². The van der Waals surface area contributed by atoms with Crippen molar-refractivity contribution >= 4 is 21.8 Å². The van der Waals surface area contributed by atoms with Gasteiger partial charge in [-0.25, -0.2) is 4.39 Å². The summed E-state index contributed by atoms with van der Waals surface area (Å²) in [4.78, 5) is 14.1. The van der Waals surface area contributed by atoms with Crippen LogP contribution in [0.1, 0.15) is 36.0 Å². The van der Waals surface area contributed by atoms with Crippen molar-refractivity contribution in [1.29, 1.82) is 0 Å². The number of rotatable bonds is 3. The number of amides is 1. The molecule has 0 aromatic heterocycles. The predicted octanol–water partition coefficient (Wildman–Crippen LogP) is 3.21. The highest BCUT2D eigenvalue weighted by molar-refractivity contribution is 9.10. The molecule has 20 heavy (non-hydrogen) atoms. The Morgan fingerprint density at radius 3 is 2.65 bits per heavy atom. The molecule has 1 N–H and O–H groups in total. The van der Waals surface area contributed by atoms with Crippen LogP contribution in [0, 0.1) is 11.7 Å². The summed E-state index contributed by atoms with van der Waals surface area (Å²) >= 11 is 3.30. The van der Waals surface area contributed by atoms with Gasteiger partial charge in [0.05, 0.1) is 5.56 Å². The second-order valence-corrected chi connectivity index (χ2v) is 6.25. The summed E-state index contributed by atoms with van der Waals surface area (Å²) in [6.07, 6.45) is 3.65. The van der Waals surface area contributed by atoms with Gasteiger partial charge in [-0.3, -0.25) is 4.79 Å². The zero-order valence-corrected chi connectivity index (χ0v) is 13.1. The first-order chi connectivity index (χ1) is 9.52. The van der Waals surface area contributed by atoms with E-state index in [4.69, 9.17) is 5.11 Å². The van der Waals surface area contributed by atoms with E-state index in [2.05, 4.69) is 15.9 Å². The molecule has 110 valence electrons. The van der Waals surface area contributed by atoms with Gasteiger partial charge in [0.25, 0.3) is 5.91 Å². The first-order valence-corrected chi connectivity index (χ1v) is 7.65. The van der Waals surface area contributed by atoms with Crippen molar-refractivity contribution in [2.75, 3.05) is 13.7 Å². The Morgan fingerprint density at radius 1 is 1.40 bits per heavy atom. The lowest BCUT2D eigenvalue weighted by Crippen LogP contribution is -2.40. The van der Waals surface area contributed by atoms with Crippen LogP contribution in [0.15, 0.2) is 22.7 Å². The van der Waals surface area contributed by atoms with Crippen molar-refractivity contribution in [2.24, 2.45) is 5.92 Å². The van der Waals surface area contributed by atoms with Crippen molar-refractivity contribution in [2.45, 2.75) is 31.7 Å². The molecule has 1 aliphatic carbocycles. The minimum Gasteiger partial charge on any atom is -0.396 e. The molecule has 1 aliphatic rings. The van der Waals surface area contributed by atoms with E-state index in [1.54, 1.807) is 18.0 Å². The van der Waals surface area contributed by atoms with Crippen LogP contribution in [0.2, 0.25) is 0 Å². The van der Waals surface area contributed by atoms with Crippen LogP contribution in [-0.4, -0.2) is 35.6 Å². The molecule has 0 saturated heterocycles. The minimum atomic E-state index is -0.408. The third-order valence-electron chi connectivity index (χ3n) is 4.10. The zero-order valence-electron chi connectivity index (χ0n) is 11.5. The third kappa shape index (κ3) is 3.38. The van der Waals surface area contributed by atoms with E-state index in [1.807, 2.05) is 0 Å². The van der Waals surface area contributed by atoms with Gasteiger partial charge in [0.1, 0.15) is 5.82 Å². The molecule has 0 bridgehead atoms. The number of benzene rings is 1. The lowest BCUT2D eigenvalue weighted by Gasteiger charge is -2.34. The normalized spacial score (nSPS) is 22.6. The van der Waals surface area contributed by atoms with Gasteiger partial charge in [0.15, 0.2) is 0 Å². The fourth-order valence-corrected chi connectivity index (χ4v) is 3.15. The summed E-state index contributed by atoms with van der Waals surface area (Å²) in [6, 6.07) is 4.31. The van der Waals surface area contributed by atoms with E-state index in [9.17, 15) is 9.18 Å². The number of nitrogens with zero attached hydrogens (tertiary/aromatic N) is 1. The van der Waals surface area contributed by atoms with Crippen molar-refractivity contribution in [3.8, 4) is 0 Å². The molecule has 3 nitrogen and oxygen atoms in total. The smallest absolute Gasteiger partial charge is 0.255 e. The molecule has 0 radical (unpaired) electrons. The average Bonchev–Trinajstić information content (AvgIpc) is 2.48. The molecule has 1 saturated carbocycles.